The number of aryl methyl sites for hydroxylation is 1. The minimum absolute atomic E-state index is 0.0482. The number of sulfonamides is 1. The molecule has 0 unspecified atom stereocenters. The molecule has 9 heteroatoms. The number of anilines is 1. The van der Waals surface area contributed by atoms with Crippen LogP contribution in [0, 0.1) is 0 Å². The van der Waals surface area contributed by atoms with Crippen LogP contribution in [0.4, 0.5) is 5.69 Å². The fourth-order valence-electron chi connectivity index (χ4n) is 3.79. The predicted octanol–water partition coefficient (Wildman–Crippen LogP) is 4.39. The van der Waals surface area contributed by atoms with Crippen LogP contribution in [0.5, 0.6) is 0 Å². The van der Waals surface area contributed by atoms with E-state index in [1.54, 1.807) is 36.4 Å². The summed E-state index contributed by atoms with van der Waals surface area (Å²) in [5.74, 6) is -0.716. The van der Waals surface area contributed by atoms with Crippen molar-refractivity contribution in [2.45, 2.75) is 65.6 Å². The van der Waals surface area contributed by atoms with E-state index in [0.29, 0.717) is 23.6 Å². The van der Waals surface area contributed by atoms with E-state index in [-0.39, 0.29) is 18.5 Å². The predicted molar refractivity (Wildman–Crippen MR) is 142 cm³/mol. The molecular weight excluding hydrogens is 486 g/mol. The van der Waals surface area contributed by atoms with Gasteiger partial charge in [0, 0.05) is 17.6 Å². The van der Waals surface area contributed by atoms with Gasteiger partial charge in [0.25, 0.3) is 0 Å². The van der Waals surface area contributed by atoms with Gasteiger partial charge in [0.1, 0.15) is 12.6 Å². The Kier molecular flexibility index (Phi) is 10.6. The van der Waals surface area contributed by atoms with E-state index >= 15 is 0 Å². The number of amides is 2. The average molecular weight is 522 g/mol. The van der Waals surface area contributed by atoms with Gasteiger partial charge in [-0.3, -0.25) is 13.9 Å². The second kappa shape index (κ2) is 12.9. The molecule has 1 N–H and O–H groups in total. The highest BCUT2D eigenvalue weighted by molar-refractivity contribution is 7.92. The van der Waals surface area contributed by atoms with Crippen molar-refractivity contribution in [2.75, 3.05) is 17.1 Å². The summed E-state index contributed by atoms with van der Waals surface area (Å²) >= 11 is 6.02. The number of nitrogens with zero attached hydrogens (tertiary/aromatic N) is 2. The Morgan fingerprint density at radius 3 is 2.17 bits per heavy atom. The van der Waals surface area contributed by atoms with Gasteiger partial charge in [0.15, 0.2) is 0 Å². The van der Waals surface area contributed by atoms with Crippen LogP contribution in [-0.2, 0) is 32.6 Å². The van der Waals surface area contributed by atoms with Crippen molar-refractivity contribution in [3.05, 3.63) is 64.7 Å². The van der Waals surface area contributed by atoms with Crippen LogP contribution in [-0.4, -0.2) is 50.0 Å². The molecule has 0 saturated carbocycles. The summed E-state index contributed by atoms with van der Waals surface area (Å²) in [7, 11) is -3.77. The number of nitrogens with one attached hydrogen (secondary N) is 1. The number of carbonyl (C=O) groups excluding carboxylic acids is 2. The van der Waals surface area contributed by atoms with E-state index in [1.807, 2.05) is 39.8 Å². The maximum absolute atomic E-state index is 13.7. The minimum atomic E-state index is -3.77. The van der Waals surface area contributed by atoms with Crippen molar-refractivity contribution >= 4 is 39.1 Å². The maximum Gasteiger partial charge on any atom is 0.244 e. The van der Waals surface area contributed by atoms with Gasteiger partial charge in [-0.15, -0.1) is 0 Å². The maximum atomic E-state index is 13.7. The van der Waals surface area contributed by atoms with Crippen molar-refractivity contribution in [3.63, 3.8) is 0 Å². The van der Waals surface area contributed by atoms with E-state index in [4.69, 9.17) is 11.6 Å². The van der Waals surface area contributed by atoms with Gasteiger partial charge < -0.3 is 10.2 Å². The first kappa shape index (κ1) is 28.7. The molecule has 2 amide bonds. The lowest BCUT2D eigenvalue weighted by atomic mass is 10.1. The Morgan fingerprint density at radius 1 is 1.00 bits per heavy atom. The van der Waals surface area contributed by atoms with Gasteiger partial charge in [-0.25, -0.2) is 8.42 Å². The Balaban J connectivity index is 2.46. The molecular formula is C26H36ClN3O4S. The molecule has 0 aliphatic carbocycles. The number of benzene rings is 2. The smallest absolute Gasteiger partial charge is 0.244 e. The SMILES string of the molecule is CCc1ccccc1N(CC(=O)N(Cc1ccc(Cl)cc1)[C@@H](CC)C(=O)N[C@H](C)CC)S(C)(=O)=O. The van der Waals surface area contributed by atoms with Gasteiger partial charge in [-0.05, 0) is 55.5 Å². The van der Waals surface area contributed by atoms with E-state index in [2.05, 4.69) is 5.32 Å². The molecule has 0 aliphatic heterocycles. The molecule has 35 heavy (non-hydrogen) atoms. The Bertz CT molecular complexity index is 1110. The van der Waals surface area contributed by atoms with E-state index in [1.165, 1.54) is 4.90 Å². The summed E-state index contributed by atoms with van der Waals surface area (Å²) in [6, 6.07) is 13.4. The van der Waals surface area contributed by atoms with Gasteiger partial charge in [-0.1, -0.05) is 62.7 Å². The molecule has 0 radical (unpaired) electrons. The number of carbonyl (C=O) groups is 2. The fourth-order valence-corrected chi connectivity index (χ4v) is 4.80. The van der Waals surface area contributed by atoms with Crippen LogP contribution in [0.15, 0.2) is 48.5 Å². The third-order valence-electron chi connectivity index (χ3n) is 5.97. The molecule has 2 atom stereocenters. The third-order valence-corrected chi connectivity index (χ3v) is 7.35. The summed E-state index contributed by atoms with van der Waals surface area (Å²) in [6.45, 7) is 7.39. The first-order valence-corrected chi connectivity index (χ1v) is 14.1. The van der Waals surface area contributed by atoms with Crippen LogP contribution in [0.1, 0.15) is 51.7 Å². The van der Waals surface area contributed by atoms with Gasteiger partial charge in [0.2, 0.25) is 21.8 Å². The van der Waals surface area contributed by atoms with Crippen molar-refractivity contribution in [3.8, 4) is 0 Å². The summed E-state index contributed by atoms with van der Waals surface area (Å²) in [5.41, 5.74) is 2.07. The molecule has 0 spiro atoms. The van der Waals surface area contributed by atoms with E-state index < -0.39 is 28.5 Å². The van der Waals surface area contributed by atoms with Crippen molar-refractivity contribution in [2.24, 2.45) is 0 Å². The molecule has 0 bridgehead atoms. The lowest BCUT2D eigenvalue weighted by Crippen LogP contribution is -2.53. The number of hydrogen-bond acceptors (Lipinski definition) is 4. The molecule has 0 fully saturated rings. The first-order chi connectivity index (χ1) is 16.5. The van der Waals surface area contributed by atoms with Crippen LogP contribution in [0.25, 0.3) is 0 Å². The summed E-state index contributed by atoms with van der Waals surface area (Å²) in [4.78, 5) is 28.3. The molecule has 0 heterocycles. The number of para-hydroxylation sites is 1. The molecule has 2 aromatic rings. The molecule has 0 aromatic heterocycles. The highest BCUT2D eigenvalue weighted by Crippen LogP contribution is 2.24. The van der Waals surface area contributed by atoms with Gasteiger partial charge in [-0.2, -0.15) is 0 Å². The lowest BCUT2D eigenvalue weighted by Gasteiger charge is -2.33. The van der Waals surface area contributed by atoms with E-state index in [9.17, 15) is 18.0 Å². The molecule has 0 saturated heterocycles. The normalized spacial score (nSPS) is 13.1. The van der Waals surface area contributed by atoms with E-state index in [0.717, 1.165) is 28.1 Å². The van der Waals surface area contributed by atoms with Gasteiger partial charge in [0.05, 0.1) is 11.9 Å². The first-order valence-electron chi connectivity index (χ1n) is 11.9. The average Bonchev–Trinajstić information content (AvgIpc) is 2.82. The van der Waals surface area contributed by atoms with Crippen LogP contribution >= 0.6 is 11.6 Å². The van der Waals surface area contributed by atoms with Crippen LogP contribution in [0.3, 0.4) is 0 Å². The largest absolute Gasteiger partial charge is 0.352 e. The van der Waals surface area contributed by atoms with Crippen molar-refractivity contribution < 1.29 is 18.0 Å². The van der Waals surface area contributed by atoms with Crippen molar-refractivity contribution in [1.82, 2.24) is 10.2 Å². The van der Waals surface area contributed by atoms with Gasteiger partial charge >= 0.3 is 0 Å². The van der Waals surface area contributed by atoms with Crippen LogP contribution < -0.4 is 9.62 Å². The molecule has 192 valence electrons. The second-order valence-electron chi connectivity index (χ2n) is 8.64. The zero-order valence-corrected chi connectivity index (χ0v) is 22.7. The highest BCUT2D eigenvalue weighted by atomic mass is 35.5. The molecule has 2 rings (SSSR count). The standard InChI is InChI=1S/C26H36ClN3O4S/c1-6-19(4)28-26(32)23(8-3)29(17-20-13-15-22(27)16-14-20)25(31)18-30(35(5,33)34)24-12-10-9-11-21(24)7-2/h9-16,19,23H,6-8,17-18H2,1-5H3,(H,28,32)/t19-,23+/m1/s1. The number of rotatable bonds is 12. The Labute approximate surface area is 214 Å². The fraction of sp³-hybridized carbons (Fsp3) is 0.462. The zero-order valence-electron chi connectivity index (χ0n) is 21.1. The van der Waals surface area contributed by atoms with Crippen LogP contribution in [0.2, 0.25) is 5.02 Å². The quantitative estimate of drug-likeness (QED) is 0.448. The summed E-state index contributed by atoms with van der Waals surface area (Å²) in [5, 5.41) is 3.52. The zero-order chi connectivity index (χ0) is 26.2. The van der Waals surface area contributed by atoms with Crippen molar-refractivity contribution in [1.29, 1.82) is 0 Å². The number of hydrogen-bond donors (Lipinski definition) is 1. The number of halogens is 1. The molecule has 7 nitrogen and oxygen atoms in total. The third kappa shape index (κ3) is 7.97. The molecule has 2 aromatic carbocycles. The summed E-state index contributed by atoms with van der Waals surface area (Å²) < 4.78 is 26.7. The topological polar surface area (TPSA) is 86.8 Å². The minimum Gasteiger partial charge on any atom is -0.352 e. The highest BCUT2D eigenvalue weighted by Gasteiger charge is 2.32. The summed E-state index contributed by atoms with van der Waals surface area (Å²) in [6.07, 6.45) is 2.83. The molecule has 0 aliphatic rings. The lowest BCUT2D eigenvalue weighted by molar-refractivity contribution is -0.140. The Morgan fingerprint density at radius 2 is 1.63 bits per heavy atom. The monoisotopic (exact) mass is 521 g/mol. The second-order valence-corrected chi connectivity index (χ2v) is 11.0. The Hall–Kier alpha value is -2.58.